The van der Waals surface area contributed by atoms with Crippen LogP contribution in [-0.4, -0.2) is 82.3 Å². The Morgan fingerprint density at radius 2 is 1.91 bits per heavy atom. The van der Waals surface area contributed by atoms with Crippen molar-refractivity contribution in [1.29, 1.82) is 0 Å². The van der Waals surface area contributed by atoms with Gasteiger partial charge in [-0.15, -0.1) is 0 Å². The van der Waals surface area contributed by atoms with Crippen molar-refractivity contribution in [2.45, 2.75) is 30.9 Å². The maximum absolute atomic E-state index is 13.5. The SMILES string of the molecule is COc1ccc(S(=O)(=O)Nc2ccc3c(c2)C(=O)N([C@@H](C)CO)C[C@H](C)[C@H](CN(C)C)O3)cc1. The quantitative estimate of drug-likeness (QED) is 0.583. The highest BCUT2D eigenvalue weighted by Crippen LogP contribution is 2.31. The second-order valence-corrected chi connectivity index (χ2v) is 10.6. The Kier molecular flexibility index (Phi) is 8.06. The number of amides is 1. The van der Waals surface area contributed by atoms with E-state index in [0.29, 0.717) is 24.6 Å². The number of rotatable bonds is 8. The summed E-state index contributed by atoms with van der Waals surface area (Å²) in [5, 5.41) is 9.75. The Morgan fingerprint density at radius 1 is 1.24 bits per heavy atom. The molecule has 34 heavy (non-hydrogen) atoms. The number of aliphatic hydroxyl groups is 1. The third-order valence-corrected chi connectivity index (χ3v) is 7.23. The van der Waals surface area contributed by atoms with Crippen molar-refractivity contribution >= 4 is 21.6 Å². The van der Waals surface area contributed by atoms with Gasteiger partial charge in [-0.1, -0.05) is 6.92 Å². The van der Waals surface area contributed by atoms with Crippen LogP contribution < -0.4 is 14.2 Å². The van der Waals surface area contributed by atoms with Gasteiger partial charge in [-0.25, -0.2) is 8.42 Å². The number of carbonyl (C=O) groups excluding carboxylic acids is 1. The minimum atomic E-state index is -3.89. The van der Waals surface area contributed by atoms with E-state index < -0.39 is 16.1 Å². The summed E-state index contributed by atoms with van der Waals surface area (Å²) >= 11 is 0. The van der Waals surface area contributed by atoms with E-state index in [1.165, 1.54) is 25.3 Å². The normalized spacial score (nSPS) is 19.6. The number of anilines is 1. The molecule has 0 saturated carbocycles. The van der Waals surface area contributed by atoms with Crippen molar-refractivity contribution in [3.8, 4) is 11.5 Å². The summed E-state index contributed by atoms with van der Waals surface area (Å²) in [4.78, 5) is 17.2. The highest BCUT2D eigenvalue weighted by molar-refractivity contribution is 7.92. The molecule has 10 heteroatoms. The van der Waals surface area contributed by atoms with Crippen LogP contribution in [0.4, 0.5) is 5.69 Å². The topological polar surface area (TPSA) is 108 Å². The number of methoxy groups -OCH3 is 1. The number of carbonyl (C=O) groups is 1. The van der Waals surface area contributed by atoms with Crippen LogP contribution in [0.3, 0.4) is 0 Å². The molecule has 3 rings (SSSR count). The molecule has 0 radical (unpaired) electrons. The van der Waals surface area contributed by atoms with E-state index in [1.807, 2.05) is 25.9 Å². The lowest BCUT2D eigenvalue weighted by atomic mass is 9.99. The average Bonchev–Trinajstić information content (AvgIpc) is 2.80. The third kappa shape index (κ3) is 5.81. The number of aliphatic hydroxyl groups excluding tert-OH is 1. The van der Waals surface area contributed by atoms with Gasteiger partial charge in [0.15, 0.2) is 0 Å². The van der Waals surface area contributed by atoms with E-state index in [0.717, 1.165) is 0 Å². The lowest BCUT2D eigenvalue weighted by molar-refractivity contribution is 0.0363. The van der Waals surface area contributed by atoms with E-state index in [2.05, 4.69) is 4.72 Å². The Hall–Kier alpha value is -2.82. The molecule has 2 aromatic rings. The standard InChI is InChI=1S/C24H33N3O6S/c1-16-13-27(17(2)15-28)24(29)21-12-18(6-11-22(21)33-23(16)14-26(3)4)25-34(30,31)20-9-7-19(32-5)8-10-20/h6-12,16-17,23,25,28H,13-15H2,1-5H3/t16-,17-,23-/m0/s1. The zero-order valence-corrected chi connectivity index (χ0v) is 21.0. The zero-order valence-electron chi connectivity index (χ0n) is 20.2. The van der Waals surface area contributed by atoms with Gasteiger partial charge in [-0.05, 0) is 63.5 Å². The first kappa shape index (κ1) is 25.8. The van der Waals surface area contributed by atoms with E-state index >= 15 is 0 Å². The predicted molar refractivity (Wildman–Crippen MR) is 130 cm³/mol. The molecule has 1 aliphatic rings. The van der Waals surface area contributed by atoms with Crippen LogP contribution >= 0.6 is 0 Å². The Labute approximate surface area is 201 Å². The van der Waals surface area contributed by atoms with Crippen molar-refractivity contribution in [2.24, 2.45) is 5.92 Å². The molecule has 0 aliphatic carbocycles. The van der Waals surface area contributed by atoms with Crippen molar-refractivity contribution in [1.82, 2.24) is 9.80 Å². The third-order valence-electron chi connectivity index (χ3n) is 5.83. The summed E-state index contributed by atoms with van der Waals surface area (Å²) in [7, 11) is 1.52. The summed E-state index contributed by atoms with van der Waals surface area (Å²) in [5.41, 5.74) is 0.479. The molecule has 3 atom stereocenters. The fraction of sp³-hybridized carbons (Fsp3) is 0.458. The van der Waals surface area contributed by atoms with Crippen molar-refractivity contribution in [3.63, 3.8) is 0 Å². The number of hydrogen-bond acceptors (Lipinski definition) is 7. The maximum Gasteiger partial charge on any atom is 0.261 e. The monoisotopic (exact) mass is 491 g/mol. The Balaban J connectivity index is 1.98. The van der Waals surface area contributed by atoms with Crippen LogP contribution in [0, 0.1) is 5.92 Å². The van der Waals surface area contributed by atoms with Gasteiger partial charge in [-0.3, -0.25) is 9.52 Å². The van der Waals surface area contributed by atoms with Gasteiger partial charge in [0, 0.05) is 24.7 Å². The van der Waals surface area contributed by atoms with Crippen LogP contribution in [0.2, 0.25) is 0 Å². The van der Waals surface area contributed by atoms with Gasteiger partial charge < -0.3 is 24.4 Å². The molecular formula is C24H33N3O6S. The van der Waals surface area contributed by atoms with Crippen LogP contribution in [-0.2, 0) is 10.0 Å². The molecule has 2 aromatic carbocycles. The van der Waals surface area contributed by atoms with Crippen LogP contribution in [0.1, 0.15) is 24.2 Å². The number of fused-ring (bicyclic) bond motifs is 1. The fourth-order valence-corrected chi connectivity index (χ4v) is 4.88. The number of ether oxygens (including phenoxy) is 2. The first-order valence-corrected chi connectivity index (χ1v) is 12.6. The highest BCUT2D eigenvalue weighted by atomic mass is 32.2. The summed E-state index contributed by atoms with van der Waals surface area (Å²) in [6, 6.07) is 10.3. The number of sulfonamides is 1. The second kappa shape index (κ2) is 10.6. The highest BCUT2D eigenvalue weighted by Gasteiger charge is 2.33. The summed E-state index contributed by atoms with van der Waals surface area (Å²) in [6.45, 7) is 4.66. The molecule has 0 spiro atoms. The molecule has 1 amide bonds. The number of nitrogens with zero attached hydrogens (tertiary/aromatic N) is 2. The zero-order chi connectivity index (χ0) is 25.0. The molecular weight excluding hydrogens is 458 g/mol. The molecule has 0 fully saturated rings. The van der Waals surface area contributed by atoms with Crippen molar-refractivity contribution < 1.29 is 27.8 Å². The van der Waals surface area contributed by atoms with Gasteiger partial charge in [0.2, 0.25) is 0 Å². The number of likely N-dealkylation sites (N-methyl/N-ethyl adjacent to an activating group) is 1. The van der Waals surface area contributed by atoms with Crippen LogP contribution in [0.15, 0.2) is 47.4 Å². The van der Waals surface area contributed by atoms with Gasteiger partial charge in [0.05, 0.1) is 30.2 Å². The van der Waals surface area contributed by atoms with Crippen LogP contribution in [0.5, 0.6) is 11.5 Å². The molecule has 186 valence electrons. The minimum absolute atomic E-state index is 0.0155. The van der Waals surface area contributed by atoms with Gasteiger partial charge >= 0.3 is 0 Å². The minimum Gasteiger partial charge on any atom is -0.497 e. The molecule has 1 heterocycles. The molecule has 0 saturated heterocycles. The van der Waals surface area contributed by atoms with Gasteiger partial charge in [0.1, 0.15) is 17.6 Å². The summed E-state index contributed by atoms with van der Waals surface area (Å²) in [6.07, 6.45) is -0.197. The summed E-state index contributed by atoms with van der Waals surface area (Å²) in [5.74, 6) is 0.618. The maximum atomic E-state index is 13.5. The smallest absolute Gasteiger partial charge is 0.261 e. The van der Waals surface area contributed by atoms with Gasteiger partial charge in [-0.2, -0.15) is 0 Å². The molecule has 0 aromatic heterocycles. The van der Waals surface area contributed by atoms with Crippen LogP contribution in [0.25, 0.3) is 0 Å². The molecule has 0 unspecified atom stereocenters. The number of benzene rings is 2. The summed E-state index contributed by atoms with van der Waals surface area (Å²) < 4.78 is 39.6. The number of nitrogens with one attached hydrogen (secondary N) is 1. The molecule has 2 N–H and O–H groups in total. The van der Waals surface area contributed by atoms with Gasteiger partial charge in [0.25, 0.3) is 15.9 Å². The lowest BCUT2D eigenvalue weighted by Gasteiger charge is -2.37. The molecule has 9 nitrogen and oxygen atoms in total. The van der Waals surface area contributed by atoms with E-state index in [9.17, 15) is 18.3 Å². The number of hydrogen-bond donors (Lipinski definition) is 2. The molecule has 1 aliphatic heterocycles. The first-order valence-electron chi connectivity index (χ1n) is 11.1. The van der Waals surface area contributed by atoms with Crippen molar-refractivity contribution in [3.05, 3.63) is 48.0 Å². The average molecular weight is 492 g/mol. The first-order chi connectivity index (χ1) is 16.1. The largest absolute Gasteiger partial charge is 0.497 e. The van der Waals surface area contributed by atoms with E-state index in [-0.39, 0.29) is 40.7 Å². The second-order valence-electron chi connectivity index (χ2n) is 8.88. The molecule has 0 bridgehead atoms. The fourth-order valence-electron chi connectivity index (χ4n) is 3.83. The predicted octanol–water partition coefficient (Wildman–Crippen LogP) is 2.28. The Morgan fingerprint density at radius 3 is 2.50 bits per heavy atom. The lowest BCUT2D eigenvalue weighted by Crippen LogP contribution is -2.49. The van der Waals surface area contributed by atoms with E-state index in [1.54, 1.807) is 36.1 Å². The van der Waals surface area contributed by atoms with E-state index in [4.69, 9.17) is 9.47 Å². The van der Waals surface area contributed by atoms with Crippen molar-refractivity contribution in [2.75, 3.05) is 45.6 Å². The Bertz CT molecular complexity index is 1100.